The number of nitrogens with zero attached hydrogens (tertiary/aromatic N) is 2. The zero-order valence-electron chi connectivity index (χ0n) is 21.9. The minimum absolute atomic E-state index is 0.0203. The van der Waals surface area contributed by atoms with E-state index in [1.807, 2.05) is 18.2 Å². The Morgan fingerprint density at radius 3 is 2.49 bits per heavy atom. The van der Waals surface area contributed by atoms with Crippen LogP contribution < -0.4 is 15.0 Å². The van der Waals surface area contributed by atoms with E-state index in [0.29, 0.717) is 22.0 Å². The van der Waals surface area contributed by atoms with Gasteiger partial charge in [0.05, 0.1) is 16.7 Å². The second-order valence-corrected chi connectivity index (χ2v) is 10.2. The van der Waals surface area contributed by atoms with Crippen molar-refractivity contribution in [2.45, 2.75) is 49.9 Å². The number of hydrogen-bond donors (Lipinski definition) is 6. The number of likely N-dealkylation sites (N-methyl/N-ethyl adjacent to an activating group) is 1. The molecular weight excluding hydrogens is 560 g/mol. The lowest BCUT2D eigenvalue weighted by molar-refractivity contribution is -0.165. The van der Waals surface area contributed by atoms with Gasteiger partial charge in [-0.15, -0.1) is 0 Å². The Kier molecular flexibility index (Phi) is 9.11. The topological polar surface area (TPSA) is 202 Å². The Morgan fingerprint density at radius 2 is 1.80 bits per heavy atom. The van der Waals surface area contributed by atoms with Gasteiger partial charge in [0, 0.05) is 29.6 Å². The Balaban J connectivity index is 0.000000334. The average Bonchev–Trinajstić information content (AvgIpc) is 3.38. The number of anilines is 1. The number of aliphatic hydroxyl groups is 2. The first-order valence-corrected chi connectivity index (χ1v) is 13.1. The lowest BCUT2D eigenvalue weighted by Crippen LogP contribution is -2.39. The van der Waals surface area contributed by atoms with Crippen molar-refractivity contribution in [2.75, 3.05) is 18.6 Å². The minimum Gasteiger partial charge on any atom is -0.482 e. The Labute approximate surface area is 238 Å². The molecule has 0 spiro atoms. The number of imidazole rings is 1. The highest BCUT2D eigenvalue weighted by molar-refractivity contribution is 6.31. The SMILES string of the molecule is CN1C(=O)COc2ccc(C(=O)N[C@@H]3CCC[C@H](c4nc5ccc(Cl)cc5[nH]4)C3)cc21.O=C(O)C(O)C(O)C(=O)O. The van der Waals surface area contributed by atoms with E-state index in [1.54, 1.807) is 25.2 Å². The molecule has 1 saturated carbocycles. The summed E-state index contributed by atoms with van der Waals surface area (Å²) in [5, 5.41) is 36.4. The summed E-state index contributed by atoms with van der Waals surface area (Å²) in [5.74, 6) is -2.00. The van der Waals surface area contributed by atoms with Crippen LogP contribution >= 0.6 is 11.6 Å². The van der Waals surface area contributed by atoms with Gasteiger partial charge in [-0.2, -0.15) is 0 Å². The monoisotopic (exact) mass is 588 g/mol. The number of carboxylic acids is 2. The minimum atomic E-state index is -2.27. The fourth-order valence-corrected chi connectivity index (χ4v) is 4.89. The van der Waals surface area contributed by atoms with Gasteiger partial charge in [-0.25, -0.2) is 14.6 Å². The number of carbonyl (C=O) groups excluding carboxylic acids is 2. The standard InChI is InChI=1S/C23H23ClN4O3.C4H6O6/c1-28-19-10-14(5-8-20(19)31-12-21(28)29)23(30)25-16-4-2-3-13(9-16)22-26-17-7-6-15(24)11-18(17)27-22;5-1(3(7)8)2(6)4(9)10/h5-8,10-11,13,16H,2-4,9,12H2,1H3,(H,25,30)(H,26,27);1-2,5-6H,(H,7,8)(H,9,10)/t13-,16+;/m0./s1. The fraction of sp³-hybridized carbons (Fsp3) is 0.370. The van der Waals surface area contributed by atoms with Crippen LogP contribution in [0.5, 0.6) is 5.75 Å². The molecule has 2 amide bonds. The zero-order chi connectivity index (χ0) is 29.8. The number of aromatic amines is 1. The summed E-state index contributed by atoms with van der Waals surface area (Å²) < 4.78 is 5.44. The molecule has 14 heteroatoms. The highest BCUT2D eigenvalue weighted by Crippen LogP contribution is 2.34. The predicted octanol–water partition coefficient (Wildman–Crippen LogP) is 1.91. The number of halogens is 1. The van der Waals surface area contributed by atoms with Crippen LogP contribution in [0.3, 0.4) is 0 Å². The van der Waals surface area contributed by atoms with Crippen molar-refractivity contribution < 1.29 is 44.3 Å². The Bertz CT molecular complexity index is 1460. The molecule has 2 aromatic carbocycles. The Hall–Kier alpha value is -4.20. The third kappa shape index (κ3) is 6.93. The lowest BCUT2D eigenvalue weighted by Gasteiger charge is -2.29. The van der Waals surface area contributed by atoms with Gasteiger partial charge in [-0.1, -0.05) is 18.0 Å². The normalized spacial score (nSPS) is 19.7. The average molecular weight is 589 g/mol. The van der Waals surface area contributed by atoms with Gasteiger partial charge in [0.1, 0.15) is 11.6 Å². The lowest BCUT2D eigenvalue weighted by atomic mass is 9.85. The largest absolute Gasteiger partial charge is 0.482 e. The van der Waals surface area contributed by atoms with Crippen molar-refractivity contribution in [3.63, 3.8) is 0 Å². The molecule has 2 heterocycles. The van der Waals surface area contributed by atoms with Crippen LogP contribution in [0.2, 0.25) is 5.02 Å². The summed E-state index contributed by atoms with van der Waals surface area (Å²) in [6.45, 7) is 0.0203. The second-order valence-electron chi connectivity index (χ2n) is 9.81. The van der Waals surface area contributed by atoms with Crippen LogP contribution in [0.4, 0.5) is 5.69 Å². The molecule has 6 N–H and O–H groups in total. The number of rotatable bonds is 6. The van der Waals surface area contributed by atoms with Crippen LogP contribution in [-0.4, -0.2) is 86.1 Å². The number of aromatic nitrogens is 2. The summed E-state index contributed by atoms with van der Waals surface area (Å²) in [4.78, 5) is 54.0. The molecule has 1 aromatic heterocycles. The maximum atomic E-state index is 12.9. The maximum Gasteiger partial charge on any atom is 0.335 e. The summed E-state index contributed by atoms with van der Waals surface area (Å²) >= 11 is 6.09. The van der Waals surface area contributed by atoms with Gasteiger partial charge in [-0.3, -0.25) is 9.59 Å². The molecule has 1 fully saturated rings. The van der Waals surface area contributed by atoms with Gasteiger partial charge in [0.15, 0.2) is 18.8 Å². The van der Waals surface area contributed by atoms with E-state index in [0.717, 1.165) is 42.5 Å². The van der Waals surface area contributed by atoms with Crippen molar-refractivity contribution >= 4 is 52.1 Å². The molecular formula is C27H29ClN4O9. The predicted molar refractivity (Wildman–Crippen MR) is 146 cm³/mol. The van der Waals surface area contributed by atoms with Crippen molar-refractivity contribution in [3.05, 3.63) is 52.8 Å². The number of nitrogens with one attached hydrogen (secondary N) is 2. The van der Waals surface area contributed by atoms with Crippen LogP contribution in [-0.2, 0) is 14.4 Å². The zero-order valence-corrected chi connectivity index (χ0v) is 22.7. The molecule has 2 unspecified atom stereocenters. The quantitative estimate of drug-likeness (QED) is 0.247. The maximum absolute atomic E-state index is 12.9. The molecule has 5 rings (SSSR count). The highest BCUT2D eigenvalue weighted by atomic mass is 35.5. The van der Waals surface area contributed by atoms with Crippen molar-refractivity contribution in [2.24, 2.45) is 0 Å². The molecule has 218 valence electrons. The molecule has 41 heavy (non-hydrogen) atoms. The number of carboxylic acid groups (broad SMARTS) is 2. The number of carbonyl (C=O) groups is 4. The van der Waals surface area contributed by atoms with Crippen molar-refractivity contribution in [3.8, 4) is 5.75 Å². The third-order valence-electron chi connectivity index (χ3n) is 6.97. The first-order chi connectivity index (χ1) is 19.4. The van der Waals surface area contributed by atoms with Gasteiger partial charge in [-0.05, 0) is 55.7 Å². The first kappa shape index (κ1) is 29.8. The number of ether oxygens (including phenoxy) is 1. The molecule has 0 bridgehead atoms. The van der Waals surface area contributed by atoms with Gasteiger partial charge >= 0.3 is 11.9 Å². The number of hydrogen-bond acceptors (Lipinski definition) is 8. The third-order valence-corrected chi connectivity index (χ3v) is 7.21. The van der Waals surface area contributed by atoms with E-state index in [-0.39, 0.29) is 30.4 Å². The number of aliphatic carboxylic acids is 2. The van der Waals surface area contributed by atoms with Gasteiger partial charge in [0.2, 0.25) is 0 Å². The number of amides is 2. The Morgan fingerprint density at radius 1 is 1.10 bits per heavy atom. The van der Waals surface area contributed by atoms with E-state index in [9.17, 15) is 19.2 Å². The van der Waals surface area contributed by atoms with Crippen LogP contribution in [0.25, 0.3) is 11.0 Å². The van der Waals surface area contributed by atoms with E-state index in [1.165, 1.54) is 4.90 Å². The number of aliphatic hydroxyl groups excluding tert-OH is 2. The summed E-state index contributed by atoms with van der Waals surface area (Å²) in [6.07, 6.45) is -0.729. The van der Waals surface area contributed by atoms with E-state index in [2.05, 4.69) is 10.3 Å². The fourth-order valence-electron chi connectivity index (χ4n) is 4.72. The van der Waals surface area contributed by atoms with Crippen LogP contribution in [0.15, 0.2) is 36.4 Å². The number of fused-ring (bicyclic) bond motifs is 2. The number of benzene rings is 2. The molecule has 13 nitrogen and oxygen atoms in total. The molecule has 0 saturated heterocycles. The number of H-pyrrole nitrogens is 1. The van der Waals surface area contributed by atoms with Crippen LogP contribution in [0.1, 0.15) is 47.8 Å². The van der Waals surface area contributed by atoms with Gasteiger partial charge in [0.25, 0.3) is 11.8 Å². The smallest absolute Gasteiger partial charge is 0.335 e. The molecule has 4 atom stereocenters. The molecule has 1 aliphatic carbocycles. The van der Waals surface area contributed by atoms with Crippen LogP contribution in [0, 0.1) is 0 Å². The van der Waals surface area contributed by atoms with E-state index < -0.39 is 24.1 Å². The highest BCUT2D eigenvalue weighted by Gasteiger charge is 2.30. The summed E-state index contributed by atoms with van der Waals surface area (Å²) in [5.41, 5.74) is 2.97. The van der Waals surface area contributed by atoms with E-state index >= 15 is 0 Å². The molecule has 3 aromatic rings. The molecule has 2 aliphatic rings. The molecule has 0 radical (unpaired) electrons. The molecule has 1 aliphatic heterocycles. The summed E-state index contributed by atoms with van der Waals surface area (Å²) in [7, 11) is 1.69. The second kappa shape index (κ2) is 12.5. The summed E-state index contributed by atoms with van der Waals surface area (Å²) in [6, 6.07) is 10.9. The first-order valence-electron chi connectivity index (χ1n) is 12.8. The van der Waals surface area contributed by atoms with E-state index in [4.69, 9.17) is 41.7 Å². The van der Waals surface area contributed by atoms with Crippen molar-refractivity contribution in [1.82, 2.24) is 15.3 Å². The van der Waals surface area contributed by atoms with Crippen molar-refractivity contribution in [1.29, 1.82) is 0 Å². The van der Waals surface area contributed by atoms with Gasteiger partial charge < -0.3 is 40.4 Å².